The van der Waals surface area contributed by atoms with Gasteiger partial charge in [-0.25, -0.2) is 0 Å². The number of anilines is 1. The first-order valence-corrected chi connectivity index (χ1v) is 6.45. The van der Waals surface area contributed by atoms with Crippen LogP contribution in [0.25, 0.3) is 0 Å². The van der Waals surface area contributed by atoms with Crippen LogP contribution in [0.15, 0.2) is 12.1 Å². The highest BCUT2D eigenvalue weighted by Gasteiger charge is 2.23. The normalized spacial score (nSPS) is 18.2. The van der Waals surface area contributed by atoms with Crippen LogP contribution in [-0.2, 0) is 0 Å². The van der Waals surface area contributed by atoms with Gasteiger partial charge in [-0.05, 0) is 6.07 Å². The van der Waals surface area contributed by atoms with Crippen molar-refractivity contribution in [3.8, 4) is 11.5 Å². The van der Waals surface area contributed by atoms with E-state index in [9.17, 15) is 4.79 Å². The molecule has 1 saturated heterocycles. The number of piperazine rings is 1. The van der Waals surface area contributed by atoms with Gasteiger partial charge >= 0.3 is 0 Å². The third-order valence-electron chi connectivity index (χ3n) is 3.35. The van der Waals surface area contributed by atoms with E-state index in [1.54, 1.807) is 17.0 Å². The van der Waals surface area contributed by atoms with Crippen molar-refractivity contribution in [2.45, 2.75) is 0 Å². The van der Waals surface area contributed by atoms with E-state index in [1.165, 1.54) is 0 Å². The molecule has 6 heteroatoms. The van der Waals surface area contributed by atoms with Gasteiger partial charge in [0.2, 0.25) is 0 Å². The predicted molar refractivity (Wildman–Crippen MR) is 70.6 cm³/mol. The number of fused-ring (bicyclic) bond motifs is 1. The molecule has 0 saturated carbocycles. The Hall–Kier alpha value is -1.95. The van der Waals surface area contributed by atoms with Gasteiger partial charge in [-0.3, -0.25) is 4.79 Å². The summed E-state index contributed by atoms with van der Waals surface area (Å²) in [7, 11) is 0. The van der Waals surface area contributed by atoms with E-state index in [0.717, 1.165) is 13.1 Å². The SMILES string of the molecule is Nc1cc2c(cc1C(=O)N1CCNCC1)OCCO2. The van der Waals surface area contributed by atoms with Gasteiger partial charge in [-0.1, -0.05) is 0 Å². The number of nitrogens with one attached hydrogen (secondary N) is 1. The van der Waals surface area contributed by atoms with E-state index >= 15 is 0 Å². The average Bonchev–Trinajstić information content (AvgIpc) is 2.47. The number of hydrogen-bond donors (Lipinski definition) is 2. The topological polar surface area (TPSA) is 76.8 Å². The van der Waals surface area contributed by atoms with Crippen molar-refractivity contribution in [3.63, 3.8) is 0 Å². The molecule has 1 aromatic carbocycles. The molecule has 1 aromatic rings. The van der Waals surface area contributed by atoms with Crippen LogP contribution < -0.4 is 20.5 Å². The molecule has 0 bridgehead atoms. The summed E-state index contributed by atoms with van der Waals surface area (Å²) in [4.78, 5) is 14.2. The molecule has 0 atom stereocenters. The monoisotopic (exact) mass is 263 g/mol. The number of nitrogen functional groups attached to an aromatic ring is 1. The van der Waals surface area contributed by atoms with E-state index < -0.39 is 0 Å². The molecule has 2 aliphatic rings. The second-order valence-corrected chi connectivity index (χ2v) is 4.63. The summed E-state index contributed by atoms with van der Waals surface area (Å²) in [6.45, 7) is 4.04. The highest BCUT2D eigenvalue weighted by atomic mass is 16.6. The van der Waals surface area contributed by atoms with Crippen molar-refractivity contribution in [3.05, 3.63) is 17.7 Å². The van der Waals surface area contributed by atoms with Crippen LogP contribution >= 0.6 is 0 Å². The zero-order valence-corrected chi connectivity index (χ0v) is 10.6. The van der Waals surface area contributed by atoms with Gasteiger partial charge in [0.1, 0.15) is 13.2 Å². The maximum absolute atomic E-state index is 12.4. The summed E-state index contributed by atoms with van der Waals surface area (Å²) in [6.07, 6.45) is 0. The summed E-state index contributed by atoms with van der Waals surface area (Å²) in [5.74, 6) is 1.16. The molecule has 3 N–H and O–H groups in total. The molecule has 0 unspecified atom stereocenters. The van der Waals surface area contributed by atoms with Crippen LogP contribution in [0.1, 0.15) is 10.4 Å². The van der Waals surface area contributed by atoms with Gasteiger partial charge in [0.05, 0.1) is 5.56 Å². The number of nitrogens with two attached hydrogens (primary N) is 1. The van der Waals surface area contributed by atoms with Crippen molar-refractivity contribution < 1.29 is 14.3 Å². The lowest BCUT2D eigenvalue weighted by Crippen LogP contribution is -2.46. The van der Waals surface area contributed by atoms with Crippen molar-refractivity contribution in [2.24, 2.45) is 0 Å². The summed E-state index contributed by atoms with van der Waals surface area (Å²) in [6, 6.07) is 3.36. The Bertz CT molecular complexity index is 498. The number of amides is 1. The Labute approximate surface area is 111 Å². The molecule has 2 aliphatic heterocycles. The molecule has 3 rings (SSSR count). The zero-order chi connectivity index (χ0) is 13.2. The Balaban J connectivity index is 1.89. The number of carbonyl (C=O) groups excluding carboxylic acids is 1. The van der Waals surface area contributed by atoms with Crippen molar-refractivity contribution in [1.29, 1.82) is 0 Å². The molecule has 0 radical (unpaired) electrons. The Morgan fingerprint density at radius 2 is 1.79 bits per heavy atom. The maximum atomic E-state index is 12.4. The van der Waals surface area contributed by atoms with Gasteiger partial charge in [-0.15, -0.1) is 0 Å². The van der Waals surface area contributed by atoms with Crippen LogP contribution in [0.5, 0.6) is 11.5 Å². The van der Waals surface area contributed by atoms with Gasteiger partial charge in [0.15, 0.2) is 11.5 Å². The highest BCUT2D eigenvalue weighted by Crippen LogP contribution is 2.34. The minimum Gasteiger partial charge on any atom is -0.486 e. The first kappa shape index (κ1) is 12.1. The summed E-state index contributed by atoms with van der Waals surface area (Å²) in [5, 5.41) is 3.22. The van der Waals surface area contributed by atoms with Gasteiger partial charge in [0.25, 0.3) is 5.91 Å². The van der Waals surface area contributed by atoms with Crippen LogP contribution in [-0.4, -0.2) is 50.2 Å². The molecule has 0 aromatic heterocycles. The molecule has 1 fully saturated rings. The van der Waals surface area contributed by atoms with Crippen LogP contribution in [0, 0.1) is 0 Å². The summed E-state index contributed by atoms with van der Waals surface area (Å²) >= 11 is 0. The van der Waals surface area contributed by atoms with E-state index in [0.29, 0.717) is 49.1 Å². The van der Waals surface area contributed by atoms with Crippen LogP contribution in [0.2, 0.25) is 0 Å². The second kappa shape index (κ2) is 4.97. The van der Waals surface area contributed by atoms with E-state index in [-0.39, 0.29) is 5.91 Å². The molecular weight excluding hydrogens is 246 g/mol. The lowest BCUT2D eigenvalue weighted by atomic mass is 10.1. The third kappa shape index (κ3) is 2.31. The Morgan fingerprint density at radius 1 is 1.16 bits per heavy atom. The maximum Gasteiger partial charge on any atom is 0.256 e. The molecule has 2 heterocycles. The number of rotatable bonds is 1. The van der Waals surface area contributed by atoms with E-state index in [4.69, 9.17) is 15.2 Å². The number of hydrogen-bond acceptors (Lipinski definition) is 5. The number of ether oxygens (including phenoxy) is 2. The van der Waals surface area contributed by atoms with Crippen LogP contribution in [0.4, 0.5) is 5.69 Å². The molecule has 6 nitrogen and oxygen atoms in total. The fourth-order valence-corrected chi connectivity index (χ4v) is 2.33. The fourth-order valence-electron chi connectivity index (χ4n) is 2.33. The number of benzene rings is 1. The molecule has 0 aliphatic carbocycles. The number of carbonyl (C=O) groups is 1. The van der Waals surface area contributed by atoms with Crippen molar-refractivity contribution >= 4 is 11.6 Å². The molecule has 1 amide bonds. The Kier molecular flexibility index (Phi) is 3.16. The van der Waals surface area contributed by atoms with E-state index in [1.807, 2.05) is 0 Å². The minimum atomic E-state index is -0.0454. The quantitative estimate of drug-likeness (QED) is 0.702. The predicted octanol–water partition coefficient (Wildman–Crippen LogP) is 0.0854. The summed E-state index contributed by atoms with van der Waals surface area (Å²) < 4.78 is 10.9. The standard InChI is InChI=1S/C13H17N3O3/c14-10-8-12-11(18-5-6-19-12)7-9(10)13(17)16-3-1-15-2-4-16/h7-8,15H,1-6,14H2. The minimum absolute atomic E-state index is 0.0454. The van der Waals surface area contributed by atoms with E-state index in [2.05, 4.69) is 5.32 Å². The third-order valence-corrected chi connectivity index (χ3v) is 3.35. The lowest BCUT2D eigenvalue weighted by Gasteiger charge is -2.28. The van der Waals surface area contributed by atoms with Crippen molar-refractivity contribution in [1.82, 2.24) is 10.2 Å². The highest BCUT2D eigenvalue weighted by molar-refractivity contribution is 6.00. The first-order chi connectivity index (χ1) is 9.25. The largest absolute Gasteiger partial charge is 0.486 e. The Morgan fingerprint density at radius 3 is 2.47 bits per heavy atom. The summed E-state index contributed by atoms with van der Waals surface area (Å²) in [5.41, 5.74) is 6.88. The second-order valence-electron chi connectivity index (χ2n) is 4.63. The molecule has 102 valence electrons. The first-order valence-electron chi connectivity index (χ1n) is 6.45. The van der Waals surface area contributed by atoms with Gasteiger partial charge < -0.3 is 25.4 Å². The molecular formula is C13H17N3O3. The van der Waals surface area contributed by atoms with Gasteiger partial charge in [0, 0.05) is 37.9 Å². The fraction of sp³-hybridized carbons (Fsp3) is 0.462. The zero-order valence-electron chi connectivity index (χ0n) is 10.6. The van der Waals surface area contributed by atoms with Crippen LogP contribution in [0.3, 0.4) is 0 Å². The molecule has 19 heavy (non-hydrogen) atoms. The average molecular weight is 263 g/mol. The molecule has 0 spiro atoms. The number of nitrogens with zero attached hydrogens (tertiary/aromatic N) is 1. The lowest BCUT2D eigenvalue weighted by molar-refractivity contribution is 0.0736. The van der Waals surface area contributed by atoms with Crippen molar-refractivity contribution in [2.75, 3.05) is 45.1 Å². The van der Waals surface area contributed by atoms with Gasteiger partial charge in [-0.2, -0.15) is 0 Å². The smallest absolute Gasteiger partial charge is 0.256 e.